The molecule has 0 aliphatic heterocycles. The van der Waals surface area contributed by atoms with Crippen LogP contribution in [-0.4, -0.2) is 30.6 Å². The molecule has 2 rings (SSSR count). The number of halogens is 2. The van der Waals surface area contributed by atoms with Crippen LogP contribution in [0.5, 0.6) is 0 Å². The van der Waals surface area contributed by atoms with Gasteiger partial charge in [0, 0.05) is 22.9 Å². The van der Waals surface area contributed by atoms with E-state index in [2.05, 4.69) is 4.90 Å². The van der Waals surface area contributed by atoms with Crippen LogP contribution in [0.2, 0.25) is 5.02 Å². The lowest BCUT2D eigenvalue weighted by Crippen LogP contribution is -2.32. The van der Waals surface area contributed by atoms with Crippen LogP contribution in [0.3, 0.4) is 0 Å². The molecule has 0 saturated heterocycles. The summed E-state index contributed by atoms with van der Waals surface area (Å²) < 4.78 is 0. The van der Waals surface area contributed by atoms with E-state index in [1.54, 1.807) is 11.3 Å². The van der Waals surface area contributed by atoms with Gasteiger partial charge in [-0.15, -0.1) is 23.7 Å². The fraction of sp³-hybridized carbons (Fsp3) is 0.375. The largest absolute Gasteiger partial charge is 0.384 e. The molecule has 21 heavy (non-hydrogen) atoms. The molecule has 2 aromatic rings. The highest BCUT2D eigenvalue weighted by atomic mass is 35.5. The second-order valence-corrected chi connectivity index (χ2v) is 6.69. The zero-order valence-electron chi connectivity index (χ0n) is 12.3. The molecule has 0 aliphatic rings. The molecule has 1 aromatic heterocycles. The number of thiophene rings is 1. The first-order chi connectivity index (χ1) is 9.51. The van der Waals surface area contributed by atoms with E-state index in [0.717, 1.165) is 17.0 Å². The topological polar surface area (TPSA) is 23.5 Å². The lowest BCUT2D eigenvalue weighted by Gasteiger charge is -2.29. The Bertz CT molecular complexity index is 545. The van der Waals surface area contributed by atoms with Crippen LogP contribution in [0, 0.1) is 0 Å². The van der Waals surface area contributed by atoms with Crippen molar-refractivity contribution in [3.05, 3.63) is 57.2 Å². The first-order valence-corrected chi connectivity index (χ1v) is 7.91. The van der Waals surface area contributed by atoms with Gasteiger partial charge in [0.15, 0.2) is 0 Å². The molecule has 1 heterocycles. The van der Waals surface area contributed by atoms with Gasteiger partial charge < -0.3 is 10.0 Å². The Hall–Kier alpha value is -0.580. The van der Waals surface area contributed by atoms with Gasteiger partial charge in [0.2, 0.25) is 0 Å². The average molecular weight is 346 g/mol. The minimum atomic E-state index is -0.858. The average Bonchev–Trinajstić information content (AvgIpc) is 2.94. The van der Waals surface area contributed by atoms with E-state index < -0.39 is 5.60 Å². The first-order valence-electron chi connectivity index (χ1n) is 6.66. The van der Waals surface area contributed by atoms with Crippen molar-refractivity contribution in [2.75, 3.05) is 20.6 Å². The molecule has 1 aromatic carbocycles. The van der Waals surface area contributed by atoms with Crippen LogP contribution in [0.15, 0.2) is 41.8 Å². The summed E-state index contributed by atoms with van der Waals surface area (Å²) in [5.41, 5.74) is 0.132. The zero-order chi connectivity index (χ0) is 14.6. The third kappa shape index (κ3) is 4.97. The van der Waals surface area contributed by atoms with Gasteiger partial charge in [0.1, 0.15) is 5.60 Å². The van der Waals surface area contributed by atoms with Gasteiger partial charge in [-0.1, -0.05) is 35.9 Å². The van der Waals surface area contributed by atoms with E-state index in [1.807, 2.05) is 55.9 Å². The summed E-state index contributed by atoms with van der Waals surface area (Å²) in [5, 5.41) is 13.8. The summed E-state index contributed by atoms with van der Waals surface area (Å²) in [7, 11) is 4.04. The molecule has 0 spiro atoms. The number of rotatable bonds is 6. The number of hydrogen-bond donors (Lipinski definition) is 1. The van der Waals surface area contributed by atoms with E-state index in [1.165, 1.54) is 0 Å². The standard InChI is InChI=1S/C16H20ClNOS.ClH/c1-18(2)10-9-16(19,15-8-5-11-20-15)12-13-6-3-4-7-14(13)17;/h3-8,11,19H,9-10,12H2,1-2H3;1H. The first kappa shape index (κ1) is 18.5. The highest BCUT2D eigenvalue weighted by Crippen LogP contribution is 2.34. The van der Waals surface area contributed by atoms with Crippen molar-refractivity contribution in [2.24, 2.45) is 0 Å². The highest BCUT2D eigenvalue weighted by Gasteiger charge is 2.31. The third-order valence-electron chi connectivity index (χ3n) is 3.39. The van der Waals surface area contributed by atoms with Gasteiger partial charge in [0.05, 0.1) is 0 Å². The fourth-order valence-corrected chi connectivity index (χ4v) is 3.26. The SMILES string of the molecule is CN(C)CCC(O)(Cc1ccccc1Cl)c1cccs1.Cl. The Morgan fingerprint density at radius 2 is 1.90 bits per heavy atom. The predicted octanol–water partition coefficient (Wildman–Crippen LogP) is 4.21. The quantitative estimate of drug-likeness (QED) is 0.847. The maximum atomic E-state index is 11.1. The number of hydrogen-bond acceptors (Lipinski definition) is 3. The minimum absolute atomic E-state index is 0. The van der Waals surface area contributed by atoms with E-state index in [-0.39, 0.29) is 12.4 Å². The Balaban J connectivity index is 0.00000220. The van der Waals surface area contributed by atoms with Gasteiger partial charge in [-0.3, -0.25) is 0 Å². The predicted molar refractivity (Wildman–Crippen MR) is 93.8 cm³/mol. The highest BCUT2D eigenvalue weighted by molar-refractivity contribution is 7.10. The summed E-state index contributed by atoms with van der Waals surface area (Å²) in [5.74, 6) is 0. The number of aliphatic hydroxyl groups is 1. The molecule has 0 aliphatic carbocycles. The Labute approximate surface area is 141 Å². The molecular weight excluding hydrogens is 325 g/mol. The molecule has 0 fully saturated rings. The summed E-state index contributed by atoms with van der Waals surface area (Å²) in [4.78, 5) is 3.09. The number of nitrogens with zero attached hydrogens (tertiary/aromatic N) is 1. The smallest absolute Gasteiger partial charge is 0.104 e. The number of benzene rings is 1. The van der Waals surface area contributed by atoms with Gasteiger partial charge in [-0.05, 0) is 43.6 Å². The second kappa shape index (κ2) is 8.16. The zero-order valence-corrected chi connectivity index (χ0v) is 14.6. The summed E-state index contributed by atoms with van der Waals surface area (Å²) in [6, 6.07) is 11.7. The molecule has 1 N–H and O–H groups in total. The van der Waals surface area contributed by atoms with Gasteiger partial charge >= 0.3 is 0 Å². The van der Waals surface area contributed by atoms with Crippen molar-refractivity contribution in [3.63, 3.8) is 0 Å². The van der Waals surface area contributed by atoms with Crippen molar-refractivity contribution in [3.8, 4) is 0 Å². The normalized spacial score (nSPS) is 13.8. The maximum Gasteiger partial charge on any atom is 0.104 e. The van der Waals surface area contributed by atoms with Crippen LogP contribution < -0.4 is 0 Å². The molecule has 0 saturated carbocycles. The van der Waals surface area contributed by atoms with Gasteiger partial charge in [0.25, 0.3) is 0 Å². The molecule has 1 unspecified atom stereocenters. The van der Waals surface area contributed by atoms with E-state index in [4.69, 9.17) is 11.6 Å². The minimum Gasteiger partial charge on any atom is -0.384 e. The van der Waals surface area contributed by atoms with Crippen LogP contribution in [0.1, 0.15) is 16.9 Å². The van der Waals surface area contributed by atoms with Crippen molar-refractivity contribution >= 4 is 35.3 Å². The molecule has 5 heteroatoms. The molecule has 0 radical (unpaired) electrons. The summed E-state index contributed by atoms with van der Waals surface area (Å²) in [6.07, 6.45) is 1.23. The molecule has 1 atom stereocenters. The summed E-state index contributed by atoms with van der Waals surface area (Å²) >= 11 is 7.83. The lowest BCUT2D eigenvalue weighted by atomic mass is 9.89. The monoisotopic (exact) mass is 345 g/mol. The van der Waals surface area contributed by atoms with Crippen molar-refractivity contribution in [2.45, 2.75) is 18.4 Å². The van der Waals surface area contributed by atoms with Crippen molar-refractivity contribution in [1.82, 2.24) is 4.90 Å². The molecule has 0 amide bonds. The Morgan fingerprint density at radius 1 is 1.19 bits per heavy atom. The van der Waals surface area contributed by atoms with E-state index in [0.29, 0.717) is 17.9 Å². The van der Waals surface area contributed by atoms with Gasteiger partial charge in [-0.2, -0.15) is 0 Å². The Kier molecular flexibility index (Phi) is 7.17. The molecular formula is C16H21Cl2NOS. The van der Waals surface area contributed by atoms with Gasteiger partial charge in [-0.25, -0.2) is 0 Å². The second-order valence-electron chi connectivity index (χ2n) is 5.33. The molecule has 116 valence electrons. The van der Waals surface area contributed by atoms with Crippen molar-refractivity contribution in [1.29, 1.82) is 0 Å². The van der Waals surface area contributed by atoms with Crippen LogP contribution >= 0.6 is 35.3 Å². The van der Waals surface area contributed by atoms with E-state index >= 15 is 0 Å². The molecule has 2 nitrogen and oxygen atoms in total. The van der Waals surface area contributed by atoms with E-state index in [9.17, 15) is 5.11 Å². The van der Waals surface area contributed by atoms with Crippen LogP contribution in [-0.2, 0) is 12.0 Å². The Morgan fingerprint density at radius 3 is 2.48 bits per heavy atom. The summed E-state index contributed by atoms with van der Waals surface area (Å²) in [6.45, 7) is 0.832. The lowest BCUT2D eigenvalue weighted by molar-refractivity contribution is 0.0248. The third-order valence-corrected chi connectivity index (χ3v) is 4.83. The molecule has 0 bridgehead atoms. The van der Waals surface area contributed by atoms with Crippen LogP contribution in [0.25, 0.3) is 0 Å². The van der Waals surface area contributed by atoms with Crippen LogP contribution in [0.4, 0.5) is 0 Å². The van der Waals surface area contributed by atoms with Crippen molar-refractivity contribution < 1.29 is 5.11 Å². The fourth-order valence-electron chi connectivity index (χ4n) is 2.21. The maximum absolute atomic E-state index is 11.1.